The minimum Gasteiger partial charge on any atom is -0.212 e. The number of benzene rings is 1. The van der Waals surface area contributed by atoms with Crippen molar-refractivity contribution in [1.29, 1.82) is 0 Å². The summed E-state index contributed by atoms with van der Waals surface area (Å²) >= 11 is 0. The number of hydrogen-bond acceptors (Lipinski definition) is 0. The van der Waals surface area contributed by atoms with Gasteiger partial charge in [0.05, 0.1) is 0 Å². The molecule has 0 spiro atoms. The van der Waals surface area contributed by atoms with Crippen LogP contribution in [-0.4, -0.2) is 8.80 Å². The van der Waals surface area contributed by atoms with E-state index in [4.69, 9.17) is 0 Å². The van der Waals surface area contributed by atoms with Gasteiger partial charge in [0.1, 0.15) is 12.1 Å². The van der Waals surface area contributed by atoms with Crippen molar-refractivity contribution in [3.63, 3.8) is 0 Å². The van der Waals surface area contributed by atoms with Crippen molar-refractivity contribution in [2.75, 3.05) is 0 Å². The topological polar surface area (TPSA) is 0 Å². The Kier molecular flexibility index (Phi) is 10.9. The Morgan fingerprint density at radius 2 is 1.69 bits per heavy atom. The fraction of sp³-hybridized carbons (Fsp3) is 0.714. The minimum atomic E-state index is -1.15. The zero-order valence-corrected chi connectivity index (χ0v) is 21.0. The predicted molar refractivity (Wildman–Crippen MR) is 132 cm³/mol. The van der Waals surface area contributed by atoms with E-state index in [0.29, 0.717) is 0 Å². The smallest absolute Gasteiger partial charge is 0.161 e. The first-order valence-corrected chi connectivity index (χ1v) is 15.3. The number of rotatable bonds is 11. The molecule has 2 aliphatic rings. The molecule has 1 aromatic carbocycles. The lowest BCUT2D eigenvalue weighted by Crippen LogP contribution is -2.28. The van der Waals surface area contributed by atoms with E-state index in [0.717, 1.165) is 36.2 Å². The summed E-state index contributed by atoms with van der Waals surface area (Å²) in [4.78, 5) is 0. The van der Waals surface area contributed by atoms with Crippen molar-refractivity contribution in [2.45, 2.75) is 109 Å². The molecule has 1 saturated heterocycles. The molecule has 1 saturated carbocycles. The molecule has 2 fully saturated rings. The van der Waals surface area contributed by atoms with Crippen molar-refractivity contribution in [3.8, 4) is 0 Å². The van der Waals surface area contributed by atoms with Gasteiger partial charge in [0.25, 0.3) is 0 Å². The second-order valence-electron chi connectivity index (χ2n) is 10.3. The Morgan fingerprint density at radius 3 is 2.34 bits per heavy atom. The Balaban J connectivity index is 1.29. The SMILES string of the molecule is CCCCC[Si]1CCC(C2CCC(CCCCc3ccc(C(F)=CF)c(F)c3)CC2)CC1. The minimum absolute atomic E-state index is 0.0109. The molecule has 1 aliphatic carbocycles. The second-order valence-corrected chi connectivity index (χ2v) is 13.3. The summed E-state index contributed by atoms with van der Waals surface area (Å²) in [5.74, 6) is 1.05. The summed E-state index contributed by atoms with van der Waals surface area (Å²) in [7, 11) is -0.0109. The van der Waals surface area contributed by atoms with Gasteiger partial charge in [-0.1, -0.05) is 88.9 Å². The molecule has 0 bridgehead atoms. The second kappa shape index (κ2) is 13.6. The molecule has 0 unspecified atom stereocenters. The summed E-state index contributed by atoms with van der Waals surface area (Å²) in [5, 5.41) is 0. The van der Waals surface area contributed by atoms with E-state index >= 15 is 0 Å². The van der Waals surface area contributed by atoms with Crippen LogP contribution in [0.15, 0.2) is 24.5 Å². The monoisotopic (exact) mass is 463 g/mol. The third-order valence-electron chi connectivity index (χ3n) is 8.14. The number of unbranched alkanes of at least 4 members (excludes halogenated alkanes) is 3. The highest BCUT2D eigenvalue weighted by atomic mass is 28.3. The van der Waals surface area contributed by atoms with E-state index in [1.54, 1.807) is 24.2 Å². The lowest BCUT2D eigenvalue weighted by molar-refractivity contribution is 0.184. The van der Waals surface area contributed by atoms with Crippen molar-refractivity contribution in [1.82, 2.24) is 0 Å². The largest absolute Gasteiger partial charge is 0.212 e. The predicted octanol–water partition coefficient (Wildman–Crippen LogP) is 9.68. The number of hydrogen-bond donors (Lipinski definition) is 0. The van der Waals surface area contributed by atoms with E-state index < -0.39 is 11.6 Å². The van der Waals surface area contributed by atoms with E-state index in [1.807, 2.05) is 0 Å². The molecule has 179 valence electrons. The Bertz CT molecular complexity index is 701. The molecule has 1 heterocycles. The van der Waals surface area contributed by atoms with Gasteiger partial charge < -0.3 is 0 Å². The molecule has 0 aromatic heterocycles. The molecule has 1 radical (unpaired) electrons. The molecule has 0 amide bonds. The quantitative estimate of drug-likeness (QED) is 0.226. The van der Waals surface area contributed by atoms with Gasteiger partial charge in [0, 0.05) is 14.4 Å². The van der Waals surface area contributed by atoms with Crippen LogP contribution in [0.5, 0.6) is 0 Å². The van der Waals surface area contributed by atoms with Crippen LogP contribution in [0.3, 0.4) is 0 Å². The van der Waals surface area contributed by atoms with Crippen molar-refractivity contribution in [3.05, 3.63) is 41.5 Å². The molecule has 0 nitrogen and oxygen atoms in total. The van der Waals surface area contributed by atoms with Crippen molar-refractivity contribution in [2.24, 2.45) is 17.8 Å². The number of aryl methyl sites for hydroxylation is 1. The zero-order valence-electron chi connectivity index (χ0n) is 20.0. The molecule has 4 heteroatoms. The first kappa shape index (κ1) is 25.6. The van der Waals surface area contributed by atoms with Crippen LogP contribution < -0.4 is 0 Å². The van der Waals surface area contributed by atoms with Crippen LogP contribution in [-0.2, 0) is 6.42 Å². The fourth-order valence-electron chi connectivity index (χ4n) is 6.07. The van der Waals surface area contributed by atoms with Crippen LogP contribution >= 0.6 is 0 Å². The maximum Gasteiger partial charge on any atom is 0.161 e. The Labute approximate surface area is 195 Å². The average molecular weight is 464 g/mol. The van der Waals surface area contributed by atoms with Crippen LogP contribution in [0.25, 0.3) is 5.83 Å². The molecule has 1 aromatic rings. The maximum atomic E-state index is 13.9. The van der Waals surface area contributed by atoms with Gasteiger partial charge in [-0.15, -0.1) is 0 Å². The van der Waals surface area contributed by atoms with Crippen molar-refractivity contribution < 1.29 is 13.2 Å². The molecule has 0 N–H and O–H groups in total. The summed E-state index contributed by atoms with van der Waals surface area (Å²) in [6, 6.07) is 9.14. The summed E-state index contributed by atoms with van der Waals surface area (Å²) < 4.78 is 39.4. The fourth-order valence-corrected chi connectivity index (χ4v) is 9.13. The molecular weight excluding hydrogens is 421 g/mol. The third kappa shape index (κ3) is 7.78. The van der Waals surface area contributed by atoms with E-state index in [1.165, 1.54) is 82.8 Å². The highest BCUT2D eigenvalue weighted by molar-refractivity contribution is 6.58. The highest BCUT2D eigenvalue weighted by Crippen LogP contribution is 2.42. The maximum absolute atomic E-state index is 13.9. The van der Waals surface area contributed by atoms with Crippen LogP contribution in [0, 0.1) is 23.6 Å². The summed E-state index contributed by atoms with van der Waals surface area (Å²) in [5.41, 5.74) is 0.578. The third-order valence-corrected chi connectivity index (χ3v) is 11.2. The average Bonchev–Trinajstić information content (AvgIpc) is 2.82. The molecule has 32 heavy (non-hydrogen) atoms. The Morgan fingerprint density at radius 1 is 0.969 bits per heavy atom. The van der Waals surface area contributed by atoms with Gasteiger partial charge >= 0.3 is 0 Å². The van der Waals surface area contributed by atoms with E-state index in [9.17, 15) is 13.2 Å². The van der Waals surface area contributed by atoms with Gasteiger partial charge in [-0.05, 0) is 61.1 Å². The van der Waals surface area contributed by atoms with Gasteiger partial charge in [-0.3, -0.25) is 0 Å². The highest BCUT2D eigenvalue weighted by Gasteiger charge is 2.31. The van der Waals surface area contributed by atoms with Gasteiger partial charge in [-0.2, -0.15) is 0 Å². The van der Waals surface area contributed by atoms with E-state index in [2.05, 4.69) is 6.92 Å². The van der Waals surface area contributed by atoms with Crippen LogP contribution in [0.1, 0.15) is 95.1 Å². The van der Waals surface area contributed by atoms with Crippen LogP contribution in [0.2, 0.25) is 18.1 Å². The van der Waals surface area contributed by atoms with Gasteiger partial charge in [-0.25, -0.2) is 13.2 Å². The first-order chi connectivity index (χ1) is 15.6. The lowest BCUT2D eigenvalue weighted by atomic mass is 9.73. The molecule has 3 rings (SSSR count). The lowest BCUT2D eigenvalue weighted by Gasteiger charge is -2.37. The Hall–Kier alpha value is -1.03. The summed E-state index contributed by atoms with van der Waals surface area (Å²) in [6.45, 7) is 2.31. The number of halogens is 3. The van der Waals surface area contributed by atoms with Gasteiger partial charge in [0.15, 0.2) is 5.83 Å². The molecular formula is C28H42F3Si. The first-order valence-electron chi connectivity index (χ1n) is 13.2. The summed E-state index contributed by atoms with van der Waals surface area (Å²) in [6.07, 6.45) is 17.1. The zero-order chi connectivity index (χ0) is 22.8. The molecule has 1 aliphatic heterocycles. The standard InChI is InChI=1S/C28H42F3Si/c1-2-3-6-17-32-18-15-25(16-19-32)24-12-9-22(10-13-24)7-4-5-8-23-11-14-26(27(30)20-23)28(31)21-29/h11,14,20-22,24-25H,2-10,12-13,15-19H2,1H3. The van der Waals surface area contributed by atoms with E-state index in [-0.39, 0.29) is 20.7 Å². The molecule has 0 atom stereocenters. The van der Waals surface area contributed by atoms with Crippen LogP contribution in [0.4, 0.5) is 13.2 Å². The normalized spacial score (nSPS) is 23.6. The van der Waals surface area contributed by atoms with Crippen molar-refractivity contribution >= 4 is 14.6 Å². The van der Waals surface area contributed by atoms with Gasteiger partial charge in [0.2, 0.25) is 0 Å².